The van der Waals surface area contributed by atoms with E-state index < -0.39 is 11.9 Å². The van der Waals surface area contributed by atoms with E-state index in [0.29, 0.717) is 51.2 Å². The zero-order valence-corrected chi connectivity index (χ0v) is 24.2. The van der Waals surface area contributed by atoms with Crippen molar-refractivity contribution < 1.29 is 29.3 Å². The molecule has 1 saturated heterocycles. The normalized spacial score (nSPS) is 14.5. The van der Waals surface area contributed by atoms with Crippen molar-refractivity contribution in [3.63, 3.8) is 0 Å². The largest absolute Gasteiger partial charge is 0.494 e. The van der Waals surface area contributed by atoms with Crippen LogP contribution in [-0.4, -0.2) is 102 Å². The topological polar surface area (TPSA) is 139 Å². The number of rotatable bonds is 8. The van der Waals surface area contributed by atoms with E-state index in [0.717, 1.165) is 26.2 Å². The molecule has 5 rings (SSSR count). The van der Waals surface area contributed by atoms with Gasteiger partial charge in [0.2, 0.25) is 5.91 Å². The van der Waals surface area contributed by atoms with Crippen molar-refractivity contribution >= 4 is 45.8 Å². The Balaban J connectivity index is 1.50. The Morgan fingerprint density at radius 3 is 2.19 bits per heavy atom. The molecule has 0 unspecified atom stereocenters. The van der Waals surface area contributed by atoms with E-state index in [-0.39, 0.29) is 17.4 Å². The lowest BCUT2D eigenvalue weighted by Crippen LogP contribution is -2.48. The molecule has 1 aliphatic rings. The number of fused-ring (bicyclic) bond motifs is 1. The van der Waals surface area contributed by atoms with Crippen LogP contribution in [-0.2, 0) is 9.53 Å². The van der Waals surface area contributed by atoms with E-state index in [4.69, 9.17) is 9.73 Å². The zero-order valence-electron chi connectivity index (χ0n) is 24.2. The van der Waals surface area contributed by atoms with Gasteiger partial charge in [-0.2, -0.15) is 0 Å². The van der Waals surface area contributed by atoms with Crippen molar-refractivity contribution in [1.29, 1.82) is 0 Å². The molecule has 0 saturated carbocycles. The molecule has 1 amide bonds. The molecule has 11 nitrogen and oxygen atoms in total. The number of piperazine rings is 1. The minimum Gasteiger partial charge on any atom is -0.494 e. The van der Waals surface area contributed by atoms with E-state index in [2.05, 4.69) is 21.8 Å². The highest BCUT2D eigenvalue weighted by atomic mass is 16.5. The number of carboxylic acid groups (broad SMARTS) is 1. The van der Waals surface area contributed by atoms with E-state index in [1.807, 2.05) is 0 Å². The van der Waals surface area contributed by atoms with Crippen molar-refractivity contribution in [3.8, 4) is 5.88 Å². The number of anilines is 1. The molecule has 1 fully saturated rings. The Labute approximate surface area is 248 Å². The predicted molar refractivity (Wildman–Crippen MR) is 164 cm³/mol. The molecule has 0 aliphatic carbocycles. The number of nitrogens with one attached hydrogen (secondary N) is 1. The van der Waals surface area contributed by atoms with Gasteiger partial charge in [-0.25, -0.2) is 14.6 Å². The summed E-state index contributed by atoms with van der Waals surface area (Å²) < 4.78 is 4.81. The van der Waals surface area contributed by atoms with Crippen LogP contribution in [0.3, 0.4) is 0 Å². The number of likely N-dealkylation sites (N-methyl/N-ethyl adjacent to an activating group) is 2. The summed E-state index contributed by atoms with van der Waals surface area (Å²) in [5.41, 5.74) is 3.43. The van der Waals surface area contributed by atoms with Crippen molar-refractivity contribution in [3.05, 3.63) is 89.0 Å². The lowest BCUT2D eigenvalue weighted by Gasteiger charge is -2.32. The molecular weight excluding hydrogens is 550 g/mol. The molecular formula is C32H33N5O6. The van der Waals surface area contributed by atoms with E-state index >= 15 is 0 Å². The fourth-order valence-electron chi connectivity index (χ4n) is 5.02. The number of hydrogen-bond donors (Lipinski definition) is 3. The number of hydrogen-bond acceptors (Lipinski definition) is 8. The molecule has 43 heavy (non-hydrogen) atoms. The summed E-state index contributed by atoms with van der Waals surface area (Å²) in [4.78, 5) is 50.5. The summed E-state index contributed by atoms with van der Waals surface area (Å²) in [6.45, 7) is 3.90. The number of benzene rings is 3. The lowest BCUT2D eigenvalue weighted by molar-refractivity contribution is -0.119. The number of carbonyl (C=O) groups excluding carboxylic acids is 2. The second-order valence-corrected chi connectivity index (χ2v) is 10.5. The lowest BCUT2D eigenvalue weighted by atomic mass is 9.98. The molecule has 11 heteroatoms. The fourth-order valence-corrected chi connectivity index (χ4v) is 5.02. The van der Waals surface area contributed by atoms with Gasteiger partial charge in [-0.1, -0.05) is 12.1 Å². The Morgan fingerprint density at radius 1 is 0.930 bits per heavy atom. The number of aromatic hydroxyl groups is 1. The van der Waals surface area contributed by atoms with Crippen LogP contribution in [0.4, 0.5) is 11.4 Å². The highest BCUT2D eigenvalue weighted by molar-refractivity contribution is 6.22. The van der Waals surface area contributed by atoms with Gasteiger partial charge in [-0.05, 0) is 61.6 Å². The Morgan fingerprint density at radius 2 is 1.56 bits per heavy atom. The first-order valence-corrected chi connectivity index (χ1v) is 13.8. The van der Waals surface area contributed by atoms with Gasteiger partial charge < -0.3 is 29.7 Å². The Kier molecular flexibility index (Phi) is 8.56. The summed E-state index contributed by atoms with van der Waals surface area (Å²) in [6.07, 6.45) is 0. The number of amides is 1. The molecule has 4 aromatic rings. The Hall–Kier alpha value is -5.00. The molecule has 1 aliphatic heterocycles. The smallest absolute Gasteiger partial charge is 0.337 e. The van der Waals surface area contributed by atoms with Gasteiger partial charge in [-0.3, -0.25) is 9.69 Å². The van der Waals surface area contributed by atoms with Crippen LogP contribution in [0, 0.1) is 0 Å². The second-order valence-electron chi connectivity index (χ2n) is 10.5. The number of aromatic carboxylic acids is 1. The summed E-state index contributed by atoms with van der Waals surface area (Å²) in [7, 11) is 5.12. The molecule has 222 valence electrons. The summed E-state index contributed by atoms with van der Waals surface area (Å²) in [5, 5.41) is 21.0. The third-order valence-corrected chi connectivity index (χ3v) is 7.65. The van der Waals surface area contributed by atoms with Gasteiger partial charge in [0.25, 0.3) is 0 Å². The number of H-pyrrole nitrogens is 1. The Bertz CT molecular complexity index is 1690. The number of esters is 1. The number of aliphatic imine (C=N–C) groups is 1. The van der Waals surface area contributed by atoms with Gasteiger partial charge in [0.05, 0.1) is 41.7 Å². The fraction of sp³-hybridized carbons (Fsp3) is 0.250. The highest BCUT2D eigenvalue weighted by Crippen LogP contribution is 2.33. The monoisotopic (exact) mass is 583 g/mol. The third kappa shape index (κ3) is 6.42. The molecule has 3 aromatic carbocycles. The van der Waals surface area contributed by atoms with Crippen LogP contribution in [0.1, 0.15) is 31.8 Å². The third-order valence-electron chi connectivity index (χ3n) is 7.65. The predicted octanol–water partition coefficient (Wildman–Crippen LogP) is 3.74. The van der Waals surface area contributed by atoms with Gasteiger partial charge in [0, 0.05) is 55.4 Å². The second kappa shape index (κ2) is 12.5. The maximum absolute atomic E-state index is 13.0. The minimum absolute atomic E-state index is 0.00913. The van der Waals surface area contributed by atoms with Crippen molar-refractivity contribution in [1.82, 2.24) is 14.8 Å². The number of ether oxygens (including phenoxy) is 1. The average Bonchev–Trinajstić information content (AvgIpc) is 3.35. The maximum atomic E-state index is 13.0. The van der Waals surface area contributed by atoms with Crippen LogP contribution < -0.4 is 4.90 Å². The number of nitrogens with zero attached hydrogens (tertiary/aromatic N) is 4. The molecule has 3 N–H and O–H groups in total. The number of aromatic amines is 1. The van der Waals surface area contributed by atoms with Crippen LogP contribution in [0.15, 0.2) is 71.7 Å². The molecule has 0 bridgehead atoms. The van der Waals surface area contributed by atoms with Crippen molar-refractivity contribution in [2.45, 2.75) is 0 Å². The number of aromatic nitrogens is 1. The maximum Gasteiger partial charge on any atom is 0.337 e. The average molecular weight is 584 g/mol. The highest BCUT2D eigenvalue weighted by Gasteiger charge is 2.22. The van der Waals surface area contributed by atoms with E-state index in [9.17, 15) is 24.6 Å². The number of carbonyl (C=O) groups is 3. The van der Waals surface area contributed by atoms with Gasteiger partial charge >= 0.3 is 11.9 Å². The first kappa shape index (κ1) is 29.5. The SMILES string of the molecule is COC(=O)c1ccc(C(=Nc2ccc(N(C)C(=O)CN3CCN(C)CC3)cc2)c2c(O)[nH]c3ccc(C(=O)O)cc23)cc1. The molecule has 2 heterocycles. The van der Waals surface area contributed by atoms with Crippen LogP contribution in [0.2, 0.25) is 0 Å². The van der Waals surface area contributed by atoms with Gasteiger partial charge in [0.1, 0.15) is 0 Å². The molecule has 1 aromatic heterocycles. The van der Waals surface area contributed by atoms with Crippen molar-refractivity contribution in [2.24, 2.45) is 4.99 Å². The zero-order chi connectivity index (χ0) is 30.7. The van der Waals surface area contributed by atoms with Crippen molar-refractivity contribution in [2.75, 3.05) is 58.8 Å². The standard InChI is InChI=1S/C32H33N5O6/c1-35-14-16-37(17-15-35)19-27(38)36(2)24-11-9-23(10-12-24)33-29(20-4-6-21(7-5-20)32(42)43-3)28-25-18-22(31(40)41)8-13-26(25)34-30(28)39/h4-13,18,34,39H,14-17,19H2,1-3H3,(H,40,41). The number of carboxylic acids is 1. The summed E-state index contributed by atoms with van der Waals surface area (Å²) in [6, 6.07) is 18.2. The molecule has 0 spiro atoms. The first-order valence-electron chi connectivity index (χ1n) is 13.8. The van der Waals surface area contributed by atoms with Crippen LogP contribution in [0.25, 0.3) is 10.9 Å². The van der Waals surface area contributed by atoms with Crippen LogP contribution >= 0.6 is 0 Å². The number of methoxy groups -OCH3 is 1. The molecule has 0 atom stereocenters. The summed E-state index contributed by atoms with van der Waals surface area (Å²) >= 11 is 0. The quantitative estimate of drug-likeness (QED) is 0.211. The van der Waals surface area contributed by atoms with E-state index in [1.165, 1.54) is 19.2 Å². The molecule has 0 radical (unpaired) electrons. The minimum atomic E-state index is -1.10. The van der Waals surface area contributed by atoms with Gasteiger partial charge in [-0.15, -0.1) is 0 Å². The van der Waals surface area contributed by atoms with E-state index in [1.54, 1.807) is 66.5 Å². The summed E-state index contributed by atoms with van der Waals surface area (Å²) in [5.74, 6) is -1.78. The van der Waals surface area contributed by atoms with Gasteiger partial charge in [0.15, 0.2) is 5.88 Å². The van der Waals surface area contributed by atoms with Crippen LogP contribution in [0.5, 0.6) is 5.88 Å². The first-order chi connectivity index (χ1) is 20.6.